The van der Waals surface area contributed by atoms with Crippen molar-refractivity contribution >= 4 is 21.2 Å². The Morgan fingerprint density at radius 2 is 1.83 bits per heavy atom. The summed E-state index contributed by atoms with van der Waals surface area (Å²) in [6.45, 7) is 1.89. The molecule has 1 unspecified atom stereocenters. The van der Waals surface area contributed by atoms with E-state index in [1.54, 1.807) is 12.1 Å². The van der Waals surface area contributed by atoms with Crippen LogP contribution >= 0.6 is 0 Å². The fourth-order valence-electron chi connectivity index (χ4n) is 1.27. The van der Waals surface area contributed by atoms with E-state index in [2.05, 4.69) is 0 Å². The van der Waals surface area contributed by atoms with Crippen LogP contribution in [0.2, 0.25) is 0 Å². The lowest BCUT2D eigenvalue weighted by Crippen LogP contribution is -2.08. The number of hydrogen-bond donors (Lipinski definition) is 1. The molecule has 0 aliphatic rings. The van der Waals surface area contributed by atoms with E-state index in [1.165, 1.54) is 12.1 Å². The zero-order chi connectivity index (χ0) is 13.6. The van der Waals surface area contributed by atoms with Gasteiger partial charge in [0.15, 0.2) is 11.1 Å². The van der Waals surface area contributed by atoms with Crippen LogP contribution in [0, 0.1) is 6.92 Å². The van der Waals surface area contributed by atoms with Gasteiger partial charge in [0.05, 0.1) is 11.5 Å². The molecule has 0 aromatic heterocycles. The Balaban J connectivity index is 2.45. The van der Waals surface area contributed by atoms with Crippen molar-refractivity contribution in [2.75, 3.05) is 12.4 Å². The first-order chi connectivity index (χ1) is 8.42. The number of benzene rings is 1. The Hall–Kier alpha value is -0.760. The SMILES string of the molecule is Cc1ccc(S(=O)(=O)OCCCCS(=O)O)cc1. The molecule has 0 bridgehead atoms. The summed E-state index contributed by atoms with van der Waals surface area (Å²) in [5.74, 6) is 0.133. The lowest BCUT2D eigenvalue weighted by Gasteiger charge is -2.05. The summed E-state index contributed by atoms with van der Waals surface area (Å²) < 4.78 is 47.1. The van der Waals surface area contributed by atoms with Gasteiger partial charge in [0.25, 0.3) is 10.1 Å². The van der Waals surface area contributed by atoms with Crippen LogP contribution in [-0.4, -0.2) is 29.5 Å². The van der Waals surface area contributed by atoms with E-state index in [9.17, 15) is 12.6 Å². The Labute approximate surface area is 110 Å². The lowest BCUT2D eigenvalue weighted by molar-refractivity contribution is 0.311. The van der Waals surface area contributed by atoms with E-state index in [0.717, 1.165) is 5.56 Å². The van der Waals surface area contributed by atoms with E-state index in [0.29, 0.717) is 12.8 Å². The van der Waals surface area contributed by atoms with Crippen molar-refractivity contribution in [2.24, 2.45) is 0 Å². The van der Waals surface area contributed by atoms with Gasteiger partial charge in [0, 0.05) is 5.75 Å². The molecule has 5 nitrogen and oxygen atoms in total. The van der Waals surface area contributed by atoms with Crippen LogP contribution in [0.4, 0.5) is 0 Å². The van der Waals surface area contributed by atoms with E-state index < -0.39 is 21.2 Å². The highest BCUT2D eigenvalue weighted by atomic mass is 32.2. The average Bonchev–Trinajstić information content (AvgIpc) is 2.28. The van der Waals surface area contributed by atoms with Crippen molar-refractivity contribution in [2.45, 2.75) is 24.7 Å². The van der Waals surface area contributed by atoms with E-state index in [1.807, 2.05) is 6.92 Å². The third kappa shape index (κ3) is 5.26. The Morgan fingerprint density at radius 1 is 1.22 bits per heavy atom. The van der Waals surface area contributed by atoms with Gasteiger partial charge in [-0.1, -0.05) is 17.7 Å². The molecule has 18 heavy (non-hydrogen) atoms. The smallest absolute Gasteiger partial charge is 0.296 e. The molecule has 0 spiro atoms. The maximum atomic E-state index is 11.7. The highest BCUT2D eigenvalue weighted by Gasteiger charge is 2.14. The first-order valence-electron chi connectivity index (χ1n) is 5.45. The molecule has 7 heteroatoms. The average molecular weight is 292 g/mol. The molecule has 0 saturated heterocycles. The van der Waals surface area contributed by atoms with Gasteiger partial charge in [-0.15, -0.1) is 0 Å². The molecule has 0 saturated carbocycles. The second-order valence-electron chi connectivity index (χ2n) is 3.82. The number of rotatable bonds is 7. The Kier molecular flexibility index (Phi) is 5.94. The quantitative estimate of drug-likeness (QED) is 0.470. The number of aryl methyl sites for hydroxylation is 1. The second-order valence-corrected chi connectivity index (χ2v) is 6.49. The molecule has 102 valence electrons. The van der Waals surface area contributed by atoms with E-state index >= 15 is 0 Å². The number of unbranched alkanes of at least 4 members (excludes halogenated alkanes) is 1. The molecule has 1 N–H and O–H groups in total. The molecule has 0 fully saturated rings. The topological polar surface area (TPSA) is 80.7 Å². The van der Waals surface area contributed by atoms with Gasteiger partial charge in [-0.3, -0.25) is 4.18 Å². The fraction of sp³-hybridized carbons (Fsp3) is 0.455. The first kappa shape index (κ1) is 15.3. The summed E-state index contributed by atoms with van der Waals surface area (Å²) in [7, 11) is -3.72. The van der Waals surface area contributed by atoms with Crippen LogP contribution in [0.3, 0.4) is 0 Å². The maximum absolute atomic E-state index is 11.7. The largest absolute Gasteiger partial charge is 0.306 e. The first-order valence-corrected chi connectivity index (χ1v) is 8.14. The van der Waals surface area contributed by atoms with Crippen LogP contribution in [-0.2, 0) is 25.4 Å². The van der Waals surface area contributed by atoms with Gasteiger partial charge < -0.3 is 4.55 Å². The molecule has 0 aliphatic carbocycles. The van der Waals surface area contributed by atoms with Gasteiger partial charge in [0.2, 0.25) is 0 Å². The molecule has 0 heterocycles. The fourth-order valence-corrected chi connectivity index (χ4v) is 2.66. The zero-order valence-corrected chi connectivity index (χ0v) is 11.7. The van der Waals surface area contributed by atoms with Crippen molar-refractivity contribution in [1.82, 2.24) is 0 Å². The van der Waals surface area contributed by atoms with Crippen LogP contribution < -0.4 is 0 Å². The van der Waals surface area contributed by atoms with Gasteiger partial charge >= 0.3 is 0 Å². The molecule has 0 amide bonds. The third-order valence-electron chi connectivity index (χ3n) is 2.26. The van der Waals surface area contributed by atoms with Crippen molar-refractivity contribution in [3.8, 4) is 0 Å². The molecule has 0 radical (unpaired) electrons. The second kappa shape index (κ2) is 6.98. The molecule has 0 aliphatic heterocycles. The van der Waals surface area contributed by atoms with Crippen molar-refractivity contribution < 1.29 is 21.4 Å². The minimum absolute atomic E-state index is 0.0212. The summed E-state index contributed by atoms with van der Waals surface area (Å²) in [6, 6.07) is 6.39. The van der Waals surface area contributed by atoms with Gasteiger partial charge in [-0.25, -0.2) is 4.21 Å². The molecular weight excluding hydrogens is 276 g/mol. The van der Waals surface area contributed by atoms with Crippen LogP contribution in [0.5, 0.6) is 0 Å². The summed E-state index contributed by atoms with van der Waals surface area (Å²) >= 11 is -1.83. The van der Waals surface area contributed by atoms with E-state index in [4.69, 9.17) is 8.74 Å². The summed E-state index contributed by atoms with van der Waals surface area (Å²) in [4.78, 5) is 0.124. The molecule has 1 atom stereocenters. The van der Waals surface area contributed by atoms with Crippen LogP contribution in [0.15, 0.2) is 29.2 Å². The monoisotopic (exact) mass is 292 g/mol. The van der Waals surface area contributed by atoms with Crippen molar-refractivity contribution in [3.05, 3.63) is 29.8 Å². The van der Waals surface area contributed by atoms with E-state index in [-0.39, 0.29) is 17.3 Å². The van der Waals surface area contributed by atoms with Gasteiger partial charge in [-0.05, 0) is 31.9 Å². The molecular formula is C11H16O5S2. The Morgan fingerprint density at radius 3 is 2.39 bits per heavy atom. The van der Waals surface area contributed by atoms with Crippen LogP contribution in [0.25, 0.3) is 0 Å². The normalized spacial score (nSPS) is 13.4. The predicted octanol–water partition coefficient (Wildman–Crippen LogP) is 1.70. The Bertz CT molecular complexity index is 493. The van der Waals surface area contributed by atoms with Crippen molar-refractivity contribution in [1.29, 1.82) is 0 Å². The predicted molar refractivity (Wildman–Crippen MR) is 69.2 cm³/mol. The summed E-state index contributed by atoms with van der Waals surface area (Å²) in [5.41, 5.74) is 0.972. The van der Waals surface area contributed by atoms with Crippen molar-refractivity contribution in [3.63, 3.8) is 0 Å². The van der Waals surface area contributed by atoms with Gasteiger partial charge in [0.1, 0.15) is 0 Å². The summed E-state index contributed by atoms with van der Waals surface area (Å²) in [5, 5.41) is 0. The van der Waals surface area contributed by atoms with Crippen LogP contribution in [0.1, 0.15) is 18.4 Å². The molecule has 1 rings (SSSR count). The zero-order valence-electron chi connectivity index (χ0n) is 10.0. The summed E-state index contributed by atoms with van der Waals surface area (Å²) in [6.07, 6.45) is 0.879. The number of hydrogen-bond acceptors (Lipinski definition) is 4. The minimum atomic E-state index is -3.72. The highest BCUT2D eigenvalue weighted by Crippen LogP contribution is 2.13. The minimum Gasteiger partial charge on any atom is -0.306 e. The molecule has 1 aromatic rings. The highest BCUT2D eigenvalue weighted by molar-refractivity contribution is 7.86. The van der Waals surface area contributed by atoms with Gasteiger partial charge in [-0.2, -0.15) is 8.42 Å². The molecule has 1 aromatic carbocycles. The third-order valence-corrected chi connectivity index (χ3v) is 4.23. The lowest BCUT2D eigenvalue weighted by atomic mass is 10.2. The maximum Gasteiger partial charge on any atom is 0.296 e. The standard InChI is InChI=1S/C11H16O5S2/c1-10-4-6-11(7-5-10)18(14,15)16-8-2-3-9-17(12)13/h4-7H,2-3,8-9H2,1H3,(H,12,13).